The second-order valence-electron chi connectivity index (χ2n) is 10.5. The van der Waals surface area contributed by atoms with Gasteiger partial charge in [-0.15, -0.1) is 0 Å². The minimum atomic E-state index is -4.87. The number of carbonyl (C=O) groups excluding carboxylic acids is 2. The lowest BCUT2D eigenvalue weighted by Gasteiger charge is -2.17. The predicted molar refractivity (Wildman–Crippen MR) is 135 cm³/mol. The number of rotatable bonds is 10. The Morgan fingerprint density at radius 2 is 1.67 bits per heavy atom. The van der Waals surface area contributed by atoms with Gasteiger partial charge in [-0.2, -0.15) is 18.3 Å². The molecule has 5 rings (SSSR count). The average Bonchev–Trinajstić information content (AvgIpc) is 3.82. The van der Waals surface area contributed by atoms with Crippen LogP contribution in [0, 0.1) is 11.8 Å². The van der Waals surface area contributed by atoms with Crippen molar-refractivity contribution in [2.75, 3.05) is 0 Å². The van der Waals surface area contributed by atoms with Crippen LogP contribution in [0.15, 0.2) is 40.9 Å². The molecule has 39 heavy (non-hydrogen) atoms. The zero-order valence-electron chi connectivity index (χ0n) is 21.5. The van der Waals surface area contributed by atoms with Crippen LogP contribution >= 0.6 is 0 Å². The van der Waals surface area contributed by atoms with Gasteiger partial charge in [-0.05, 0) is 69.6 Å². The van der Waals surface area contributed by atoms with Crippen LogP contribution in [0.3, 0.4) is 0 Å². The van der Waals surface area contributed by atoms with E-state index in [1.54, 1.807) is 24.3 Å². The Bertz CT molecular complexity index is 1360. The van der Waals surface area contributed by atoms with Gasteiger partial charge in [0.05, 0.1) is 18.4 Å². The van der Waals surface area contributed by atoms with E-state index in [0.717, 1.165) is 30.4 Å². The summed E-state index contributed by atoms with van der Waals surface area (Å²) in [5, 5.41) is 19.6. The van der Waals surface area contributed by atoms with Gasteiger partial charge in [-0.25, -0.2) is 4.98 Å². The van der Waals surface area contributed by atoms with Crippen molar-refractivity contribution in [2.45, 2.75) is 70.4 Å². The van der Waals surface area contributed by atoms with Crippen LogP contribution in [0.4, 0.5) is 13.2 Å². The Labute approximate surface area is 222 Å². The van der Waals surface area contributed by atoms with Gasteiger partial charge in [-0.1, -0.05) is 12.1 Å². The summed E-state index contributed by atoms with van der Waals surface area (Å²) >= 11 is 0. The maximum absolute atomic E-state index is 13.1. The molecule has 208 valence electrons. The van der Waals surface area contributed by atoms with Crippen LogP contribution in [0.2, 0.25) is 0 Å². The van der Waals surface area contributed by atoms with Gasteiger partial charge in [0.2, 0.25) is 11.7 Å². The monoisotopic (exact) mass is 545 g/mol. The molecule has 2 aliphatic rings. The number of alkyl halides is 3. The van der Waals surface area contributed by atoms with Crippen LogP contribution in [0.25, 0.3) is 22.7 Å². The zero-order chi connectivity index (χ0) is 27.9. The van der Waals surface area contributed by atoms with Crippen LogP contribution in [0.1, 0.15) is 60.6 Å². The summed E-state index contributed by atoms with van der Waals surface area (Å²) in [5.41, 5.74) is 1.15. The average molecular weight is 546 g/mol. The predicted octanol–water partition coefficient (Wildman–Crippen LogP) is 4.18. The Balaban J connectivity index is 1.39. The lowest BCUT2D eigenvalue weighted by molar-refractivity contribution is -0.208. The van der Waals surface area contributed by atoms with Gasteiger partial charge in [0.25, 0.3) is 11.8 Å². The van der Waals surface area contributed by atoms with E-state index in [9.17, 15) is 27.9 Å². The first-order chi connectivity index (χ1) is 18.5. The normalized spacial score (nSPS) is 17.9. The molecule has 0 saturated heterocycles. The van der Waals surface area contributed by atoms with E-state index in [-0.39, 0.29) is 41.0 Å². The topological polar surface area (TPSA) is 122 Å². The molecule has 9 nitrogen and oxygen atoms in total. The number of amides is 2. The molecular weight excluding hydrogens is 515 g/mol. The van der Waals surface area contributed by atoms with Crippen LogP contribution in [0.5, 0.6) is 0 Å². The number of carbonyl (C=O) groups is 2. The van der Waals surface area contributed by atoms with Crippen molar-refractivity contribution >= 4 is 11.8 Å². The van der Waals surface area contributed by atoms with Crippen molar-refractivity contribution in [1.82, 2.24) is 25.4 Å². The third-order valence-electron chi connectivity index (χ3n) is 7.25. The molecule has 2 amide bonds. The molecule has 0 radical (unpaired) electrons. The van der Waals surface area contributed by atoms with E-state index in [1.165, 1.54) is 12.3 Å². The third-order valence-corrected chi connectivity index (χ3v) is 7.25. The molecular formula is C27H30F3N5O4. The number of halogens is 3. The second-order valence-corrected chi connectivity index (χ2v) is 10.5. The summed E-state index contributed by atoms with van der Waals surface area (Å²) in [6.07, 6.45) is -2.08. The minimum absolute atomic E-state index is 0.0408. The summed E-state index contributed by atoms with van der Waals surface area (Å²) in [4.78, 5) is 29.7. The molecule has 2 heterocycles. The maximum atomic E-state index is 13.1. The fourth-order valence-electron chi connectivity index (χ4n) is 4.46. The van der Waals surface area contributed by atoms with Gasteiger partial charge in [0, 0.05) is 23.2 Å². The molecule has 0 bridgehead atoms. The molecule has 0 aliphatic heterocycles. The Morgan fingerprint density at radius 1 is 1.05 bits per heavy atom. The van der Waals surface area contributed by atoms with Crippen molar-refractivity contribution in [2.24, 2.45) is 11.8 Å². The van der Waals surface area contributed by atoms with Gasteiger partial charge in [0.15, 0.2) is 6.10 Å². The first-order valence-electron chi connectivity index (χ1n) is 13.0. The van der Waals surface area contributed by atoms with Gasteiger partial charge in [0.1, 0.15) is 5.69 Å². The zero-order valence-corrected chi connectivity index (χ0v) is 21.5. The lowest BCUT2D eigenvalue weighted by atomic mass is 10.1. The van der Waals surface area contributed by atoms with Gasteiger partial charge < -0.3 is 20.2 Å². The molecule has 0 spiro atoms. The number of aliphatic hydroxyl groups excluding tert-OH is 1. The Hall–Kier alpha value is -3.67. The highest BCUT2D eigenvalue weighted by Gasteiger charge is 2.39. The Kier molecular flexibility index (Phi) is 7.23. The Morgan fingerprint density at radius 3 is 2.28 bits per heavy atom. The number of aliphatic hydroxyl groups is 1. The van der Waals surface area contributed by atoms with E-state index in [4.69, 9.17) is 4.42 Å². The number of benzene rings is 1. The maximum Gasteiger partial charge on any atom is 0.416 e. The molecule has 3 aromatic rings. The van der Waals surface area contributed by atoms with Crippen molar-refractivity contribution in [1.29, 1.82) is 0 Å². The number of hydrogen-bond donors (Lipinski definition) is 3. The molecule has 2 fully saturated rings. The van der Waals surface area contributed by atoms with Crippen LogP contribution in [-0.2, 0) is 6.54 Å². The molecule has 3 unspecified atom stereocenters. The SMILES string of the molecule is CC(NC(=O)c1cnc(-c2cccc(-c3cc(C(=O)NC(C)C4CC4)n(CC(O)C(F)(F)F)n3)c2)o1)C1CC1. The van der Waals surface area contributed by atoms with E-state index in [1.807, 2.05) is 13.8 Å². The molecule has 2 aromatic heterocycles. The smallest absolute Gasteiger partial charge is 0.416 e. The fourth-order valence-corrected chi connectivity index (χ4v) is 4.46. The molecule has 12 heteroatoms. The highest BCUT2D eigenvalue weighted by molar-refractivity contribution is 5.94. The second kappa shape index (κ2) is 10.5. The minimum Gasteiger partial charge on any atom is -0.431 e. The first-order valence-corrected chi connectivity index (χ1v) is 13.0. The number of aromatic nitrogens is 3. The molecule has 3 atom stereocenters. The van der Waals surface area contributed by atoms with Crippen LogP contribution < -0.4 is 10.6 Å². The highest BCUT2D eigenvalue weighted by Crippen LogP contribution is 2.33. The quantitative estimate of drug-likeness (QED) is 0.351. The van der Waals surface area contributed by atoms with Crippen LogP contribution in [-0.4, -0.2) is 56.0 Å². The summed E-state index contributed by atoms with van der Waals surface area (Å²) in [5.74, 6) is 0.145. The number of nitrogens with one attached hydrogen (secondary N) is 2. The standard InChI is InChI=1S/C27H30F3N5O4/c1-14(16-6-7-16)32-24(37)21-11-20(34-35(21)13-23(36)27(28,29)30)18-4-3-5-19(10-18)26-31-12-22(39-26)25(38)33-15(2)17-8-9-17/h3-5,10-12,14-17,23,36H,6-9,13H2,1-2H3,(H,32,37)(H,33,38). The van der Waals surface area contributed by atoms with E-state index >= 15 is 0 Å². The summed E-state index contributed by atoms with van der Waals surface area (Å²) < 4.78 is 45.8. The summed E-state index contributed by atoms with van der Waals surface area (Å²) in [7, 11) is 0. The first kappa shape index (κ1) is 26.9. The number of oxazole rings is 1. The van der Waals surface area contributed by atoms with E-state index in [0.29, 0.717) is 23.0 Å². The third kappa shape index (κ3) is 6.32. The molecule has 3 N–H and O–H groups in total. The lowest BCUT2D eigenvalue weighted by Crippen LogP contribution is -2.38. The molecule has 2 aliphatic carbocycles. The van der Waals surface area contributed by atoms with E-state index in [2.05, 4.69) is 20.7 Å². The number of hydrogen-bond acceptors (Lipinski definition) is 6. The largest absolute Gasteiger partial charge is 0.431 e. The van der Waals surface area contributed by atoms with Crippen molar-refractivity contribution in [3.63, 3.8) is 0 Å². The van der Waals surface area contributed by atoms with Crippen molar-refractivity contribution in [3.05, 3.63) is 48.0 Å². The van der Waals surface area contributed by atoms with Gasteiger partial charge in [-0.3, -0.25) is 14.3 Å². The summed E-state index contributed by atoms with van der Waals surface area (Å²) in [6.45, 7) is 2.87. The van der Waals surface area contributed by atoms with E-state index < -0.39 is 24.7 Å². The fraction of sp³-hybridized carbons (Fsp3) is 0.481. The van der Waals surface area contributed by atoms with Gasteiger partial charge >= 0.3 is 6.18 Å². The number of nitrogens with zero attached hydrogens (tertiary/aromatic N) is 3. The van der Waals surface area contributed by atoms with Crippen molar-refractivity contribution in [3.8, 4) is 22.7 Å². The summed E-state index contributed by atoms with van der Waals surface area (Å²) in [6, 6.07) is 8.02. The molecule has 1 aromatic carbocycles. The molecule has 2 saturated carbocycles. The van der Waals surface area contributed by atoms with Crippen molar-refractivity contribution < 1.29 is 32.3 Å². The highest BCUT2D eigenvalue weighted by atomic mass is 19.4.